The van der Waals surface area contributed by atoms with Crippen LogP contribution in [0, 0.1) is 12.3 Å². The summed E-state index contributed by atoms with van der Waals surface area (Å²) in [5.41, 5.74) is 1.22. The van der Waals surface area contributed by atoms with Gasteiger partial charge in [-0.05, 0) is 52.4 Å². The zero-order valence-corrected chi connectivity index (χ0v) is 17.8. The number of aryl methyl sites for hydroxylation is 1. The second kappa shape index (κ2) is 6.47. The van der Waals surface area contributed by atoms with Gasteiger partial charge in [-0.2, -0.15) is 0 Å². The van der Waals surface area contributed by atoms with Crippen molar-refractivity contribution in [3.8, 4) is 0 Å². The van der Waals surface area contributed by atoms with E-state index in [0.29, 0.717) is 23.9 Å². The van der Waals surface area contributed by atoms with E-state index in [9.17, 15) is 9.59 Å². The van der Waals surface area contributed by atoms with Gasteiger partial charge in [0, 0.05) is 42.2 Å². The van der Waals surface area contributed by atoms with Crippen molar-refractivity contribution in [3.05, 3.63) is 28.2 Å². The largest absolute Gasteiger partial charge is 0.444 e. The highest BCUT2D eigenvalue weighted by atomic mass is 32.2. The maximum atomic E-state index is 12.7. The maximum absolute atomic E-state index is 12.7. The van der Waals surface area contributed by atoms with Crippen LogP contribution < -0.4 is 5.56 Å². The first-order chi connectivity index (χ1) is 13.1. The van der Waals surface area contributed by atoms with Crippen LogP contribution in [0.3, 0.4) is 0 Å². The molecule has 1 aliphatic carbocycles. The SMILES string of the molecule is CSc1ncc2c(C)cc(=O)n(C3CC4(C3)CN(C(=O)OC(C)(C)C)C4)c2n1. The number of rotatable bonds is 2. The van der Waals surface area contributed by atoms with E-state index in [2.05, 4.69) is 9.97 Å². The molecule has 2 aromatic heterocycles. The lowest BCUT2D eigenvalue weighted by molar-refractivity contribution is -0.0906. The molecule has 0 bridgehead atoms. The highest BCUT2D eigenvalue weighted by Crippen LogP contribution is 2.54. The lowest BCUT2D eigenvalue weighted by Crippen LogP contribution is -2.64. The Hall–Kier alpha value is -2.09. The normalized spacial score (nSPS) is 18.8. The van der Waals surface area contributed by atoms with Crippen LogP contribution in [0.15, 0.2) is 22.2 Å². The third-order valence-electron chi connectivity index (χ3n) is 5.57. The number of thioether (sulfide) groups is 1. The van der Waals surface area contributed by atoms with Gasteiger partial charge in [0.15, 0.2) is 5.16 Å². The van der Waals surface area contributed by atoms with Gasteiger partial charge in [-0.25, -0.2) is 14.8 Å². The summed E-state index contributed by atoms with van der Waals surface area (Å²) < 4.78 is 7.27. The average Bonchev–Trinajstić information content (AvgIpc) is 2.52. The van der Waals surface area contributed by atoms with Crippen molar-refractivity contribution < 1.29 is 9.53 Å². The predicted molar refractivity (Wildman–Crippen MR) is 109 cm³/mol. The third-order valence-corrected chi connectivity index (χ3v) is 6.13. The van der Waals surface area contributed by atoms with Gasteiger partial charge in [-0.3, -0.25) is 9.36 Å². The fraction of sp³-hybridized carbons (Fsp3) is 0.600. The molecule has 1 spiro atoms. The van der Waals surface area contributed by atoms with Crippen molar-refractivity contribution in [3.63, 3.8) is 0 Å². The number of carbonyl (C=O) groups excluding carboxylic acids is 1. The summed E-state index contributed by atoms with van der Waals surface area (Å²) in [5, 5.41) is 1.59. The molecule has 0 aromatic carbocycles. The molecule has 1 saturated carbocycles. The van der Waals surface area contributed by atoms with Crippen LogP contribution in [-0.2, 0) is 4.74 Å². The van der Waals surface area contributed by atoms with Crippen molar-refractivity contribution in [2.45, 2.75) is 57.3 Å². The Kier molecular flexibility index (Phi) is 4.45. The highest BCUT2D eigenvalue weighted by Gasteiger charge is 2.55. The predicted octanol–water partition coefficient (Wildman–Crippen LogP) is 3.39. The average molecular weight is 403 g/mol. The van der Waals surface area contributed by atoms with Gasteiger partial charge < -0.3 is 9.64 Å². The van der Waals surface area contributed by atoms with E-state index in [1.165, 1.54) is 11.8 Å². The molecule has 2 fully saturated rings. The zero-order valence-electron chi connectivity index (χ0n) is 17.0. The molecule has 3 heterocycles. The van der Waals surface area contributed by atoms with E-state index < -0.39 is 5.60 Å². The third kappa shape index (κ3) is 3.27. The summed E-state index contributed by atoms with van der Waals surface area (Å²) in [4.78, 5) is 35.7. The molecule has 0 N–H and O–H groups in total. The summed E-state index contributed by atoms with van der Waals surface area (Å²) in [7, 11) is 0. The van der Waals surface area contributed by atoms with E-state index >= 15 is 0 Å². The summed E-state index contributed by atoms with van der Waals surface area (Å²) in [6, 6.07) is 1.78. The van der Waals surface area contributed by atoms with Crippen LogP contribution in [0.1, 0.15) is 45.2 Å². The van der Waals surface area contributed by atoms with Gasteiger partial charge in [0.1, 0.15) is 11.2 Å². The lowest BCUT2D eigenvalue weighted by Gasteiger charge is -2.58. The molecular weight excluding hydrogens is 376 g/mol. The number of likely N-dealkylation sites (tertiary alicyclic amines) is 1. The van der Waals surface area contributed by atoms with Crippen molar-refractivity contribution >= 4 is 28.9 Å². The van der Waals surface area contributed by atoms with Gasteiger partial charge in [0.05, 0.1) is 0 Å². The minimum absolute atomic E-state index is 0.0149. The summed E-state index contributed by atoms with van der Waals surface area (Å²) in [5.74, 6) is 0. The number of ether oxygens (including phenoxy) is 1. The number of amides is 1. The molecule has 2 aliphatic rings. The highest BCUT2D eigenvalue weighted by molar-refractivity contribution is 7.98. The van der Waals surface area contributed by atoms with E-state index in [1.54, 1.807) is 11.0 Å². The van der Waals surface area contributed by atoms with E-state index in [1.807, 2.05) is 44.7 Å². The first-order valence-corrected chi connectivity index (χ1v) is 10.7. The molecular formula is C20H26N4O3S. The van der Waals surface area contributed by atoms with E-state index in [-0.39, 0.29) is 23.1 Å². The zero-order chi connectivity index (χ0) is 20.3. The first kappa shape index (κ1) is 19.2. The molecule has 1 aliphatic heterocycles. The molecule has 7 nitrogen and oxygen atoms in total. The fourth-order valence-corrected chi connectivity index (χ4v) is 4.64. The first-order valence-electron chi connectivity index (χ1n) is 9.52. The number of pyridine rings is 1. The second-order valence-electron chi connectivity index (χ2n) is 9.03. The van der Waals surface area contributed by atoms with Gasteiger partial charge in [0.25, 0.3) is 5.56 Å². The number of nitrogens with zero attached hydrogens (tertiary/aromatic N) is 4. The van der Waals surface area contributed by atoms with Crippen LogP contribution in [0.25, 0.3) is 11.0 Å². The van der Waals surface area contributed by atoms with Crippen molar-refractivity contribution in [2.75, 3.05) is 19.3 Å². The summed E-state index contributed by atoms with van der Waals surface area (Å²) in [6.45, 7) is 8.94. The van der Waals surface area contributed by atoms with Crippen LogP contribution in [0.2, 0.25) is 0 Å². The van der Waals surface area contributed by atoms with Crippen LogP contribution >= 0.6 is 11.8 Å². The second-order valence-corrected chi connectivity index (χ2v) is 9.80. The monoisotopic (exact) mass is 402 g/mol. The lowest BCUT2D eigenvalue weighted by atomic mass is 9.60. The Morgan fingerprint density at radius 1 is 1.32 bits per heavy atom. The van der Waals surface area contributed by atoms with Crippen molar-refractivity contribution in [2.24, 2.45) is 5.41 Å². The topological polar surface area (TPSA) is 77.3 Å². The molecule has 1 amide bonds. The quantitative estimate of drug-likeness (QED) is 0.566. The molecule has 4 rings (SSSR count). The minimum atomic E-state index is -0.481. The molecule has 2 aromatic rings. The number of fused-ring (bicyclic) bond motifs is 1. The van der Waals surface area contributed by atoms with Crippen molar-refractivity contribution in [1.82, 2.24) is 19.4 Å². The molecule has 1 saturated heterocycles. The molecule has 0 atom stereocenters. The Bertz CT molecular complexity index is 997. The minimum Gasteiger partial charge on any atom is -0.444 e. The Balaban J connectivity index is 1.52. The van der Waals surface area contributed by atoms with E-state index in [4.69, 9.17) is 4.74 Å². The van der Waals surface area contributed by atoms with Gasteiger partial charge in [0.2, 0.25) is 0 Å². The van der Waals surface area contributed by atoms with Crippen LogP contribution in [-0.4, -0.2) is 50.5 Å². The molecule has 8 heteroatoms. The Morgan fingerprint density at radius 2 is 2.00 bits per heavy atom. The van der Waals surface area contributed by atoms with Gasteiger partial charge in [-0.1, -0.05) is 11.8 Å². The molecule has 0 unspecified atom stereocenters. The van der Waals surface area contributed by atoms with E-state index in [0.717, 1.165) is 23.8 Å². The molecule has 0 radical (unpaired) electrons. The van der Waals surface area contributed by atoms with Crippen LogP contribution in [0.5, 0.6) is 0 Å². The fourth-order valence-electron chi connectivity index (χ4n) is 4.31. The number of hydrogen-bond acceptors (Lipinski definition) is 6. The van der Waals surface area contributed by atoms with Crippen molar-refractivity contribution in [1.29, 1.82) is 0 Å². The smallest absolute Gasteiger partial charge is 0.410 e. The summed E-state index contributed by atoms with van der Waals surface area (Å²) >= 11 is 1.47. The van der Waals surface area contributed by atoms with Crippen LogP contribution in [0.4, 0.5) is 4.79 Å². The number of aromatic nitrogens is 3. The Morgan fingerprint density at radius 3 is 2.61 bits per heavy atom. The van der Waals surface area contributed by atoms with Gasteiger partial charge >= 0.3 is 6.09 Å². The standard InChI is InChI=1S/C20H26N4O3S/c1-12-6-15(25)24(16-14(12)9-21-17(22-16)28-5)13-7-20(8-13)10-23(11-20)18(26)27-19(2,3)4/h6,9,13H,7-8,10-11H2,1-5H3. The van der Waals surface area contributed by atoms with Gasteiger partial charge in [-0.15, -0.1) is 0 Å². The molecule has 150 valence electrons. The number of carbonyl (C=O) groups is 1. The number of hydrogen-bond donors (Lipinski definition) is 0. The summed E-state index contributed by atoms with van der Waals surface area (Å²) in [6.07, 6.45) is 5.24. The maximum Gasteiger partial charge on any atom is 0.410 e. The Labute approximate surface area is 168 Å². The molecule has 28 heavy (non-hydrogen) atoms.